The molecule has 2 aromatic rings. The summed E-state index contributed by atoms with van der Waals surface area (Å²) in [6, 6.07) is 0. The maximum Gasteiger partial charge on any atom is 0.266 e. The van der Waals surface area contributed by atoms with Crippen LogP contribution < -0.4 is 0 Å². The number of morpholine rings is 1. The van der Waals surface area contributed by atoms with E-state index in [9.17, 15) is 4.79 Å². The molecule has 7 heteroatoms. The third-order valence-electron chi connectivity index (χ3n) is 3.93. The quantitative estimate of drug-likeness (QED) is 0.852. The first kappa shape index (κ1) is 15.4. The summed E-state index contributed by atoms with van der Waals surface area (Å²) in [6.45, 7) is 11.4. The van der Waals surface area contributed by atoms with Crippen LogP contribution in [0.15, 0.2) is 0 Å². The lowest BCUT2D eigenvalue weighted by Crippen LogP contribution is -2.48. The number of ether oxygens (including phenoxy) is 1. The Morgan fingerprint density at radius 1 is 1.27 bits per heavy atom. The van der Waals surface area contributed by atoms with Crippen molar-refractivity contribution in [3.05, 3.63) is 16.4 Å². The fourth-order valence-electron chi connectivity index (χ4n) is 2.99. The van der Waals surface area contributed by atoms with Crippen molar-refractivity contribution < 1.29 is 9.53 Å². The monoisotopic (exact) mass is 322 g/mol. The minimum Gasteiger partial charge on any atom is -0.372 e. The number of hydrogen-bond acceptors (Lipinski definition) is 5. The molecule has 0 saturated carbocycles. The fourth-order valence-corrected chi connectivity index (χ4v) is 4.03. The second-order valence-electron chi connectivity index (χ2n) is 6.31. The third-order valence-corrected chi connectivity index (χ3v) is 5.05. The zero-order valence-electron chi connectivity index (χ0n) is 13.7. The molecular formula is C15H22N4O2S. The van der Waals surface area contributed by atoms with Gasteiger partial charge in [0, 0.05) is 24.7 Å². The zero-order chi connectivity index (χ0) is 16.0. The summed E-state index contributed by atoms with van der Waals surface area (Å²) < 4.78 is 7.72. The molecule has 1 aliphatic rings. The molecule has 22 heavy (non-hydrogen) atoms. The Kier molecular flexibility index (Phi) is 3.94. The molecule has 6 nitrogen and oxygen atoms in total. The predicted molar refractivity (Wildman–Crippen MR) is 85.6 cm³/mol. The Bertz CT molecular complexity index is 696. The minimum atomic E-state index is 0.0738. The zero-order valence-corrected chi connectivity index (χ0v) is 14.5. The van der Waals surface area contributed by atoms with E-state index in [1.165, 1.54) is 11.3 Å². The molecule has 2 unspecified atom stereocenters. The van der Waals surface area contributed by atoms with Crippen LogP contribution in [0.2, 0.25) is 0 Å². The Hall–Kier alpha value is -1.47. The molecule has 1 amide bonds. The van der Waals surface area contributed by atoms with Gasteiger partial charge in [-0.2, -0.15) is 0 Å². The van der Waals surface area contributed by atoms with Crippen LogP contribution in [0, 0.1) is 6.92 Å². The third kappa shape index (κ3) is 2.52. The molecule has 0 aliphatic carbocycles. The largest absolute Gasteiger partial charge is 0.372 e. The number of hydrogen-bond donors (Lipinski definition) is 0. The van der Waals surface area contributed by atoms with Crippen LogP contribution in [-0.4, -0.2) is 50.7 Å². The lowest BCUT2D eigenvalue weighted by atomic mass is 10.2. The number of amides is 1. The van der Waals surface area contributed by atoms with Gasteiger partial charge in [0.25, 0.3) is 5.91 Å². The van der Waals surface area contributed by atoms with E-state index in [2.05, 4.69) is 24.0 Å². The number of carbonyl (C=O) groups excluding carboxylic acids is 1. The Morgan fingerprint density at radius 2 is 1.91 bits per heavy atom. The summed E-state index contributed by atoms with van der Waals surface area (Å²) >= 11 is 1.42. The van der Waals surface area contributed by atoms with E-state index in [0.29, 0.717) is 13.1 Å². The van der Waals surface area contributed by atoms with Crippen molar-refractivity contribution in [3.63, 3.8) is 0 Å². The number of fused-ring (bicyclic) bond motifs is 1. The van der Waals surface area contributed by atoms with Gasteiger partial charge in [0.05, 0.1) is 12.2 Å². The van der Waals surface area contributed by atoms with Gasteiger partial charge in [-0.25, -0.2) is 0 Å². The average Bonchev–Trinajstić information content (AvgIpc) is 2.98. The fraction of sp³-hybridized carbons (Fsp3) is 0.667. The van der Waals surface area contributed by atoms with Crippen molar-refractivity contribution in [2.45, 2.75) is 52.7 Å². The van der Waals surface area contributed by atoms with Crippen LogP contribution in [-0.2, 0) is 4.74 Å². The Labute approximate surface area is 134 Å². The van der Waals surface area contributed by atoms with Gasteiger partial charge in [-0.15, -0.1) is 10.2 Å². The van der Waals surface area contributed by atoms with E-state index >= 15 is 0 Å². The molecule has 0 N–H and O–H groups in total. The van der Waals surface area contributed by atoms with Gasteiger partial charge in [0.2, 0.25) is 4.96 Å². The molecule has 3 rings (SSSR count). The van der Waals surface area contributed by atoms with Crippen LogP contribution in [0.25, 0.3) is 4.96 Å². The lowest BCUT2D eigenvalue weighted by Gasteiger charge is -2.35. The van der Waals surface area contributed by atoms with Crippen molar-refractivity contribution in [1.82, 2.24) is 19.5 Å². The summed E-state index contributed by atoms with van der Waals surface area (Å²) in [6.07, 6.45) is 0.148. The topological polar surface area (TPSA) is 59.7 Å². The number of carbonyl (C=O) groups is 1. The molecule has 2 aromatic heterocycles. The highest BCUT2D eigenvalue weighted by molar-refractivity contribution is 7.19. The SMILES string of the molecule is Cc1c(C(=O)N2CC(C)OC(C)C2)sc2nnc(C(C)C)n12. The van der Waals surface area contributed by atoms with Crippen LogP contribution in [0.3, 0.4) is 0 Å². The highest BCUT2D eigenvalue weighted by Gasteiger charge is 2.30. The molecule has 2 atom stereocenters. The Morgan fingerprint density at radius 3 is 2.50 bits per heavy atom. The highest BCUT2D eigenvalue weighted by atomic mass is 32.1. The van der Waals surface area contributed by atoms with Gasteiger partial charge in [-0.3, -0.25) is 9.20 Å². The molecule has 0 bridgehead atoms. The van der Waals surface area contributed by atoms with E-state index in [1.54, 1.807) is 0 Å². The number of thiazole rings is 1. The van der Waals surface area contributed by atoms with Gasteiger partial charge in [-0.1, -0.05) is 25.2 Å². The van der Waals surface area contributed by atoms with Crippen molar-refractivity contribution in [1.29, 1.82) is 0 Å². The van der Waals surface area contributed by atoms with Crippen LogP contribution >= 0.6 is 11.3 Å². The first-order valence-electron chi connectivity index (χ1n) is 7.67. The normalized spacial score (nSPS) is 22.7. The molecule has 120 valence electrons. The maximum absolute atomic E-state index is 12.9. The van der Waals surface area contributed by atoms with E-state index in [-0.39, 0.29) is 24.0 Å². The number of aryl methyl sites for hydroxylation is 1. The maximum atomic E-state index is 12.9. The molecule has 0 spiro atoms. The minimum absolute atomic E-state index is 0.0738. The summed E-state index contributed by atoms with van der Waals surface area (Å²) in [5, 5.41) is 8.45. The van der Waals surface area contributed by atoms with Crippen LogP contribution in [0.1, 0.15) is 54.8 Å². The molecule has 0 aromatic carbocycles. The van der Waals surface area contributed by atoms with Crippen molar-refractivity contribution >= 4 is 22.2 Å². The van der Waals surface area contributed by atoms with Gasteiger partial charge < -0.3 is 9.64 Å². The smallest absolute Gasteiger partial charge is 0.266 e. The summed E-state index contributed by atoms with van der Waals surface area (Å²) in [4.78, 5) is 16.3. The van der Waals surface area contributed by atoms with E-state index in [4.69, 9.17) is 4.74 Å². The molecule has 0 radical (unpaired) electrons. The van der Waals surface area contributed by atoms with Crippen LogP contribution in [0.4, 0.5) is 0 Å². The summed E-state index contributed by atoms with van der Waals surface area (Å²) in [5.41, 5.74) is 0.936. The van der Waals surface area contributed by atoms with Gasteiger partial charge >= 0.3 is 0 Å². The van der Waals surface area contributed by atoms with Gasteiger partial charge in [0.15, 0.2) is 0 Å². The molecule has 1 saturated heterocycles. The van der Waals surface area contributed by atoms with Gasteiger partial charge in [0.1, 0.15) is 10.7 Å². The van der Waals surface area contributed by atoms with Crippen molar-refractivity contribution in [2.75, 3.05) is 13.1 Å². The first-order valence-corrected chi connectivity index (χ1v) is 8.49. The summed E-state index contributed by atoms with van der Waals surface area (Å²) in [5.74, 6) is 1.26. The number of aromatic nitrogens is 3. The molecule has 1 aliphatic heterocycles. The predicted octanol–water partition coefficient (Wildman–Crippen LogP) is 2.47. The van der Waals surface area contributed by atoms with Crippen LogP contribution in [0.5, 0.6) is 0 Å². The van der Waals surface area contributed by atoms with Gasteiger partial charge in [-0.05, 0) is 20.8 Å². The van der Waals surface area contributed by atoms with E-state index < -0.39 is 0 Å². The molecule has 1 fully saturated rings. The first-order chi connectivity index (χ1) is 10.4. The molecule has 3 heterocycles. The number of nitrogens with zero attached hydrogens (tertiary/aromatic N) is 4. The van der Waals surface area contributed by atoms with Crippen molar-refractivity contribution in [3.8, 4) is 0 Å². The Balaban J connectivity index is 1.96. The van der Waals surface area contributed by atoms with E-state index in [0.717, 1.165) is 21.4 Å². The second-order valence-corrected chi connectivity index (χ2v) is 7.29. The average molecular weight is 322 g/mol. The van der Waals surface area contributed by atoms with Crippen molar-refractivity contribution in [2.24, 2.45) is 0 Å². The summed E-state index contributed by atoms with van der Waals surface area (Å²) in [7, 11) is 0. The standard InChI is InChI=1S/C15H22N4O2S/c1-8(2)13-16-17-15-19(13)11(5)12(22-15)14(20)18-6-9(3)21-10(4)7-18/h8-10H,6-7H2,1-5H3. The molecular weight excluding hydrogens is 300 g/mol. The second kappa shape index (κ2) is 5.62. The highest BCUT2D eigenvalue weighted by Crippen LogP contribution is 2.27. The number of rotatable bonds is 2. The van der Waals surface area contributed by atoms with E-state index in [1.807, 2.05) is 30.1 Å². The lowest BCUT2D eigenvalue weighted by molar-refractivity contribution is -0.0585.